The molecule has 7 nitrogen and oxygen atoms in total. The number of carbonyl (C=O) groups is 1. The highest BCUT2D eigenvalue weighted by Gasteiger charge is 2.06. The molecular weight excluding hydrogens is 316 g/mol. The van der Waals surface area contributed by atoms with Gasteiger partial charge in [0.05, 0.1) is 0 Å². The van der Waals surface area contributed by atoms with Crippen LogP contribution < -0.4 is 20.9 Å². The summed E-state index contributed by atoms with van der Waals surface area (Å²) in [7, 11) is 3.90. The van der Waals surface area contributed by atoms with Crippen LogP contribution in [-0.4, -0.2) is 49.6 Å². The lowest BCUT2D eigenvalue weighted by molar-refractivity contribution is 0.0955. The van der Waals surface area contributed by atoms with Crippen molar-refractivity contribution in [3.63, 3.8) is 0 Å². The van der Waals surface area contributed by atoms with E-state index in [0.717, 1.165) is 23.9 Å². The molecule has 1 aromatic carbocycles. The maximum Gasteiger partial charge on any atom is 0.251 e. The molecule has 0 saturated heterocycles. The molecule has 1 amide bonds. The average molecular weight is 342 g/mol. The number of aryl methyl sites for hydroxylation is 1. The van der Waals surface area contributed by atoms with Crippen molar-refractivity contribution in [3.05, 3.63) is 41.7 Å². The minimum atomic E-state index is -0.0855. The molecule has 0 fully saturated rings. The van der Waals surface area contributed by atoms with Gasteiger partial charge >= 0.3 is 0 Å². The SMILES string of the molecule is CCNc1cc(NCCNC(=O)c2cccc(N(C)C)c2)nc(C)n1. The molecule has 3 N–H and O–H groups in total. The minimum absolute atomic E-state index is 0.0855. The van der Waals surface area contributed by atoms with Gasteiger partial charge in [0, 0.05) is 51.0 Å². The fraction of sp³-hybridized carbons (Fsp3) is 0.389. The molecule has 0 bridgehead atoms. The molecule has 0 radical (unpaired) electrons. The topological polar surface area (TPSA) is 82.2 Å². The monoisotopic (exact) mass is 342 g/mol. The Balaban J connectivity index is 1.85. The molecule has 0 aliphatic carbocycles. The maximum absolute atomic E-state index is 12.2. The van der Waals surface area contributed by atoms with Gasteiger partial charge in [-0.3, -0.25) is 4.79 Å². The summed E-state index contributed by atoms with van der Waals surface area (Å²) in [5.74, 6) is 2.15. The van der Waals surface area contributed by atoms with E-state index in [9.17, 15) is 4.79 Å². The molecule has 0 spiro atoms. The third kappa shape index (κ3) is 5.63. The summed E-state index contributed by atoms with van der Waals surface area (Å²) < 4.78 is 0. The Morgan fingerprint density at radius 1 is 1.08 bits per heavy atom. The molecule has 134 valence electrons. The van der Waals surface area contributed by atoms with Gasteiger partial charge in [-0.25, -0.2) is 9.97 Å². The lowest BCUT2D eigenvalue weighted by atomic mass is 10.2. The summed E-state index contributed by atoms with van der Waals surface area (Å²) in [6.07, 6.45) is 0. The van der Waals surface area contributed by atoms with E-state index in [2.05, 4.69) is 25.9 Å². The number of benzene rings is 1. The summed E-state index contributed by atoms with van der Waals surface area (Å²) in [4.78, 5) is 22.8. The number of hydrogen-bond acceptors (Lipinski definition) is 6. The van der Waals surface area contributed by atoms with Gasteiger partial charge in [-0.05, 0) is 32.0 Å². The summed E-state index contributed by atoms with van der Waals surface area (Å²) in [6.45, 7) is 5.76. The predicted molar refractivity (Wildman–Crippen MR) is 103 cm³/mol. The van der Waals surface area contributed by atoms with Crippen LogP contribution in [0.3, 0.4) is 0 Å². The van der Waals surface area contributed by atoms with Crippen LogP contribution in [0.15, 0.2) is 30.3 Å². The molecule has 0 atom stereocenters. The van der Waals surface area contributed by atoms with Crippen molar-refractivity contribution in [3.8, 4) is 0 Å². The zero-order valence-corrected chi connectivity index (χ0v) is 15.3. The van der Waals surface area contributed by atoms with Gasteiger partial charge in [0.2, 0.25) is 0 Å². The highest BCUT2D eigenvalue weighted by Crippen LogP contribution is 2.13. The summed E-state index contributed by atoms with van der Waals surface area (Å²) in [6, 6.07) is 9.40. The van der Waals surface area contributed by atoms with Crippen LogP contribution in [-0.2, 0) is 0 Å². The van der Waals surface area contributed by atoms with Crippen LogP contribution in [0.25, 0.3) is 0 Å². The van der Waals surface area contributed by atoms with Crippen molar-refractivity contribution in [1.29, 1.82) is 0 Å². The largest absolute Gasteiger partial charge is 0.378 e. The van der Waals surface area contributed by atoms with Gasteiger partial charge in [-0.2, -0.15) is 0 Å². The number of nitrogens with zero attached hydrogens (tertiary/aromatic N) is 3. The Morgan fingerprint density at radius 2 is 1.80 bits per heavy atom. The lowest BCUT2D eigenvalue weighted by Gasteiger charge is -2.13. The van der Waals surface area contributed by atoms with Crippen molar-refractivity contribution in [1.82, 2.24) is 15.3 Å². The van der Waals surface area contributed by atoms with Crippen molar-refractivity contribution in [2.24, 2.45) is 0 Å². The van der Waals surface area contributed by atoms with Gasteiger partial charge < -0.3 is 20.9 Å². The maximum atomic E-state index is 12.2. The molecule has 7 heteroatoms. The Bertz CT molecular complexity index is 716. The number of nitrogens with one attached hydrogen (secondary N) is 3. The molecule has 25 heavy (non-hydrogen) atoms. The fourth-order valence-corrected chi connectivity index (χ4v) is 2.32. The van der Waals surface area contributed by atoms with E-state index >= 15 is 0 Å². The lowest BCUT2D eigenvalue weighted by Crippen LogP contribution is -2.29. The molecule has 2 aromatic rings. The zero-order valence-electron chi connectivity index (χ0n) is 15.3. The first kappa shape index (κ1) is 18.5. The van der Waals surface area contributed by atoms with Gasteiger partial charge in [-0.1, -0.05) is 6.07 Å². The van der Waals surface area contributed by atoms with Crippen LogP contribution in [0.1, 0.15) is 23.1 Å². The summed E-state index contributed by atoms with van der Waals surface area (Å²) in [5, 5.41) is 9.29. The number of amides is 1. The number of aromatic nitrogens is 2. The number of anilines is 3. The highest BCUT2D eigenvalue weighted by atomic mass is 16.1. The van der Waals surface area contributed by atoms with Crippen molar-refractivity contribution in [2.45, 2.75) is 13.8 Å². The van der Waals surface area contributed by atoms with Crippen LogP contribution in [0.5, 0.6) is 0 Å². The highest BCUT2D eigenvalue weighted by molar-refractivity contribution is 5.95. The number of carbonyl (C=O) groups excluding carboxylic acids is 1. The molecule has 0 saturated carbocycles. The Kier molecular flexibility index (Phi) is 6.56. The Hall–Kier alpha value is -2.83. The molecule has 2 rings (SSSR count). The first-order chi connectivity index (χ1) is 12.0. The van der Waals surface area contributed by atoms with Crippen LogP contribution in [0.4, 0.5) is 17.3 Å². The minimum Gasteiger partial charge on any atom is -0.378 e. The smallest absolute Gasteiger partial charge is 0.251 e. The molecular formula is C18H26N6O. The fourth-order valence-electron chi connectivity index (χ4n) is 2.32. The van der Waals surface area contributed by atoms with Gasteiger partial charge in [0.1, 0.15) is 17.5 Å². The Labute approximate surface area is 148 Å². The van der Waals surface area contributed by atoms with E-state index in [1.165, 1.54) is 0 Å². The van der Waals surface area contributed by atoms with Crippen LogP contribution in [0.2, 0.25) is 0 Å². The third-order valence-corrected chi connectivity index (χ3v) is 3.54. The van der Waals surface area contributed by atoms with Crippen LogP contribution in [0, 0.1) is 6.92 Å². The van der Waals surface area contributed by atoms with E-state index in [0.29, 0.717) is 24.5 Å². The zero-order chi connectivity index (χ0) is 18.2. The van der Waals surface area contributed by atoms with Crippen LogP contribution >= 0.6 is 0 Å². The standard InChI is InChI=1S/C18H26N6O/c1-5-19-16-12-17(23-13(2)22-16)20-9-10-21-18(25)14-7-6-8-15(11-14)24(3)4/h6-8,11-12H,5,9-10H2,1-4H3,(H,21,25)(H2,19,20,22,23). The van der Waals surface area contributed by atoms with E-state index in [4.69, 9.17) is 0 Å². The number of rotatable bonds is 8. The summed E-state index contributed by atoms with van der Waals surface area (Å²) in [5.41, 5.74) is 1.65. The molecule has 0 aliphatic heterocycles. The van der Waals surface area contributed by atoms with Gasteiger partial charge in [0.25, 0.3) is 5.91 Å². The van der Waals surface area contributed by atoms with Gasteiger partial charge in [0.15, 0.2) is 0 Å². The summed E-state index contributed by atoms with van der Waals surface area (Å²) >= 11 is 0. The normalized spacial score (nSPS) is 10.2. The first-order valence-electron chi connectivity index (χ1n) is 8.38. The Morgan fingerprint density at radius 3 is 2.48 bits per heavy atom. The molecule has 1 heterocycles. The molecule has 0 aliphatic rings. The third-order valence-electron chi connectivity index (χ3n) is 3.54. The van der Waals surface area contributed by atoms with Crippen molar-refractivity contribution < 1.29 is 4.79 Å². The van der Waals surface area contributed by atoms with E-state index in [1.807, 2.05) is 63.2 Å². The van der Waals surface area contributed by atoms with Gasteiger partial charge in [-0.15, -0.1) is 0 Å². The first-order valence-corrected chi connectivity index (χ1v) is 8.38. The number of hydrogen-bond donors (Lipinski definition) is 3. The second-order valence-electron chi connectivity index (χ2n) is 5.84. The van der Waals surface area contributed by atoms with E-state index < -0.39 is 0 Å². The van der Waals surface area contributed by atoms with E-state index in [1.54, 1.807) is 0 Å². The second-order valence-corrected chi connectivity index (χ2v) is 5.84. The molecule has 0 unspecified atom stereocenters. The average Bonchev–Trinajstić information content (AvgIpc) is 2.58. The quantitative estimate of drug-likeness (QED) is 0.638. The van der Waals surface area contributed by atoms with Crippen molar-refractivity contribution in [2.75, 3.05) is 49.3 Å². The van der Waals surface area contributed by atoms with Crippen molar-refractivity contribution >= 4 is 23.2 Å². The predicted octanol–water partition coefficient (Wildman–Crippen LogP) is 2.12. The van der Waals surface area contributed by atoms with E-state index in [-0.39, 0.29) is 5.91 Å². The second kappa shape index (κ2) is 8.86. The molecule has 1 aromatic heterocycles.